The Labute approximate surface area is 195 Å². The molecule has 2 amide bonds. The quantitative estimate of drug-likeness (QED) is 0.356. The van der Waals surface area contributed by atoms with Crippen molar-refractivity contribution in [2.45, 2.75) is 19.4 Å². The first-order valence-corrected chi connectivity index (χ1v) is 10.7. The molecule has 0 saturated heterocycles. The number of amides is 2. The first-order valence-electron chi connectivity index (χ1n) is 10.7. The van der Waals surface area contributed by atoms with E-state index < -0.39 is 11.7 Å². The Morgan fingerprint density at radius 1 is 1.24 bits per heavy atom. The largest absolute Gasteiger partial charge is 0.369 e. The second-order valence-corrected chi connectivity index (χ2v) is 7.81. The topological polar surface area (TPSA) is 127 Å². The molecule has 2 heterocycles. The maximum Gasteiger partial charge on any atom is 0.255 e. The number of benzene rings is 1. The van der Waals surface area contributed by atoms with E-state index in [1.54, 1.807) is 32.3 Å². The van der Waals surface area contributed by atoms with Crippen molar-refractivity contribution < 1.29 is 18.4 Å². The van der Waals surface area contributed by atoms with Gasteiger partial charge in [0.15, 0.2) is 5.82 Å². The Morgan fingerprint density at radius 2 is 2.03 bits per heavy atom. The van der Waals surface area contributed by atoms with E-state index in [9.17, 15) is 18.4 Å². The molecule has 0 unspecified atom stereocenters. The van der Waals surface area contributed by atoms with Crippen LogP contribution in [0, 0.1) is 11.6 Å². The van der Waals surface area contributed by atoms with Crippen molar-refractivity contribution >= 4 is 17.6 Å². The normalized spacial score (nSPS) is 11.7. The van der Waals surface area contributed by atoms with E-state index in [-0.39, 0.29) is 47.9 Å². The fraction of sp³-hybridized carbons (Fsp3) is 0.304. The maximum atomic E-state index is 14.9. The number of halogens is 2. The van der Waals surface area contributed by atoms with Crippen molar-refractivity contribution in [1.29, 1.82) is 0 Å². The molecule has 1 aromatic carbocycles. The number of hydrogen-bond donors (Lipinski definition) is 4. The summed E-state index contributed by atoms with van der Waals surface area (Å²) in [4.78, 5) is 28.6. The zero-order chi connectivity index (χ0) is 24.7. The predicted molar refractivity (Wildman–Crippen MR) is 124 cm³/mol. The van der Waals surface area contributed by atoms with E-state index in [2.05, 4.69) is 26.0 Å². The van der Waals surface area contributed by atoms with Crippen LogP contribution in [0.4, 0.5) is 14.6 Å². The minimum absolute atomic E-state index is 0.00161. The average Bonchev–Trinajstić information content (AvgIpc) is 3.24. The fourth-order valence-electron chi connectivity index (χ4n) is 3.29. The van der Waals surface area contributed by atoms with Gasteiger partial charge in [-0.1, -0.05) is 12.1 Å². The molecule has 3 rings (SSSR count). The third-order valence-electron chi connectivity index (χ3n) is 4.96. The molecule has 3 aromatic rings. The number of anilines is 1. The molecule has 5 N–H and O–H groups in total. The second kappa shape index (κ2) is 11.3. The number of rotatable bonds is 10. The third kappa shape index (κ3) is 6.58. The van der Waals surface area contributed by atoms with Crippen LogP contribution in [0.2, 0.25) is 0 Å². The number of aromatic nitrogens is 3. The number of nitrogens with two attached hydrogens (primary N) is 1. The van der Waals surface area contributed by atoms with Crippen LogP contribution in [0.15, 0.2) is 42.7 Å². The Hall–Kier alpha value is -3.86. The van der Waals surface area contributed by atoms with E-state index in [4.69, 9.17) is 5.73 Å². The van der Waals surface area contributed by atoms with Gasteiger partial charge in [0.25, 0.3) is 5.91 Å². The minimum Gasteiger partial charge on any atom is -0.369 e. The number of aryl methyl sites for hydroxylation is 1. The molecule has 1 atom stereocenters. The van der Waals surface area contributed by atoms with Crippen molar-refractivity contribution in [3.63, 3.8) is 0 Å². The van der Waals surface area contributed by atoms with E-state index >= 15 is 0 Å². The smallest absolute Gasteiger partial charge is 0.255 e. The Kier molecular flexibility index (Phi) is 8.25. The lowest BCUT2D eigenvalue weighted by Crippen LogP contribution is -2.44. The van der Waals surface area contributed by atoms with Gasteiger partial charge in [0.1, 0.15) is 17.3 Å². The summed E-state index contributed by atoms with van der Waals surface area (Å²) in [5, 5.41) is 12.4. The number of carbonyl (C=O) groups excluding carboxylic acids is 2. The molecule has 0 fully saturated rings. The van der Waals surface area contributed by atoms with Crippen LogP contribution in [0.3, 0.4) is 0 Å². The number of pyridine rings is 1. The summed E-state index contributed by atoms with van der Waals surface area (Å²) in [5.74, 6) is -1.76. The maximum absolute atomic E-state index is 14.9. The molecular formula is C23H27F2N7O2. The molecule has 9 nitrogen and oxygen atoms in total. The summed E-state index contributed by atoms with van der Waals surface area (Å²) in [5.41, 5.74) is 6.54. The highest BCUT2D eigenvalue weighted by molar-refractivity contribution is 5.99. The Bertz CT molecular complexity index is 1170. The van der Waals surface area contributed by atoms with Crippen molar-refractivity contribution in [2.75, 3.05) is 25.0 Å². The summed E-state index contributed by atoms with van der Waals surface area (Å²) in [6.45, 7) is 1.98. The van der Waals surface area contributed by atoms with Gasteiger partial charge < -0.3 is 21.7 Å². The fourth-order valence-corrected chi connectivity index (χ4v) is 3.29. The molecule has 11 heteroatoms. The molecule has 2 aromatic heterocycles. The molecule has 0 aliphatic rings. The van der Waals surface area contributed by atoms with Crippen molar-refractivity contribution in [2.24, 2.45) is 12.8 Å². The second-order valence-electron chi connectivity index (χ2n) is 7.81. The molecule has 0 saturated carbocycles. The van der Waals surface area contributed by atoms with Crippen LogP contribution in [0.1, 0.15) is 22.8 Å². The number of hydrogen-bond acceptors (Lipinski definition) is 6. The molecule has 0 radical (unpaired) electrons. The number of carbonyl (C=O) groups is 2. The van der Waals surface area contributed by atoms with Gasteiger partial charge in [0, 0.05) is 37.9 Å². The minimum atomic E-state index is -0.682. The standard InChI is InChI=1S/C23H27F2N7O2/c1-14(30-20(33)10-26)11-28-23(34)18-9-19(25)21(16-12-29-32(2)13-16)31-22(18)27-7-6-15-4-3-5-17(24)8-15/h3-5,8-9,12-14H,6-7,10-11,26H2,1-2H3,(H,27,31)(H,28,34)(H,30,33)/t14-/m0/s1. The Morgan fingerprint density at radius 3 is 2.71 bits per heavy atom. The molecule has 0 aliphatic carbocycles. The summed E-state index contributed by atoms with van der Waals surface area (Å²) in [6.07, 6.45) is 3.55. The predicted octanol–water partition coefficient (Wildman–Crippen LogP) is 1.61. The molecule has 180 valence electrons. The zero-order valence-electron chi connectivity index (χ0n) is 18.9. The van der Waals surface area contributed by atoms with Gasteiger partial charge in [0.05, 0.1) is 18.3 Å². The van der Waals surface area contributed by atoms with Gasteiger partial charge in [-0.25, -0.2) is 13.8 Å². The monoisotopic (exact) mass is 471 g/mol. The SMILES string of the molecule is C[C@@H](CNC(=O)c1cc(F)c(-c2cnn(C)c2)nc1NCCc1cccc(F)c1)NC(=O)CN. The average molecular weight is 472 g/mol. The van der Waals surface area contributed by atoms with Crippen LogP contribution in [-0.2, 0) is 18.3 Å². The highest BCUT2D eigenvalue weighted by Crippen LogP contribution is 2.25. The highest BCUT2D eigenvalue weighted by Gasteiger charge is 2.20. The van der Waals surface area contributed by atoms with Gasteiger partial charge in [-0.15, -0.1) is 0 Å². The van der Waals surface area contributed by atoms with Gasteiger partial charge >= 0.3 is 0 Å². The highest BCUT2D eigenvalue weighted by atomic mass is 19.1. The lowest BCUT2D eigenvalue weighted by molar-refractivity contribution is -0.120. The van der Waals surface area contributed by atoms with Gasteiger partial charge in [0.2, 0.25) is 5.91 Å². The van der Waals surface area contributed by atoms with Crippen LogP contribution < -0.4 is 21.7 Å². The van der Waals surface area contributed by atoms with Crippen LogP contribution >= 0.6 is 0 Å². The number of nitrogens with zero attached hydrogens (tertiary/aromatic N) is 3. The summed E-state index contributed by atoms with van der Waals surface area (Å²) >= 11 is 0. The summed E-state index contributed by atoms with van der Waals surface area (Å²) < 4.78 is 29.9. The first-order chi connectivity index (χ1) is 16.3. The molecule has 0 bridgehead atoms. The van der Waals surface area contributed by atoms with Gasteiger partial charge in [-0.3, -0.25) is 14.3 Å². The third-order valence-corrected chi connectivity index (χ3v) is 4.96. The van der Waals surface area contributed by atoms with E-state index in [1.807, 2.05) is 0 Å². The van der Waals surface area contributed by atoms with Crippen LogP contribution in [0.5, 0.6) is 0 Å². The molecule has 0 aliphatic heterocycles. The van der Waals surface area contributed by atoms with Crippen molar-refractivity contribution in [1.82, 2.24) is 25.4 Å². The van der Waals surface area contributed by atoms with Crippen molar-refractivity contribution in [3.05, 3.63) is 65.5 Å². The zero-order valence-corrected chi connectivity index (χ0v) is 18.9. The van der Waals surface area contributed by atoms with Crippen LogP contribution in [-0.4, -0.2) is 52.3 Å². The van der Waals surface area contributed by atoms with Gasteiger partial charge in [-0.2, -0.15) is 5.10 Å². The van der Waals surface area contributed by atoms with E-state index in [0.717, 1.165) is 11.6 Å². The van der Waals surface area contributed by atoms with Crippen molar-refractivity contribution in [3.8, 4) is 11.3 Å². The summed E-state index contributed by atoms with van der Waals surface area (Å²) in [6, 6.07) is 6.91. The molecule has 34 heavy (non-hydrogen) atoms. The van der Waals surface area contributed by atoms with E-state index in [1.165, 1.54) is 23.0 Å². The van der Waals surface area contributed by atoms with Gasteiger partial charge in [-0.05, 0) is 37.1 Å². The lowest BCUT2D eigenvalue weighted by Gasteiger charge is -2.16. The first kappa shape index (κ1) is 24.8. The Balaban J connectivity index is 1.80. The molecule has 0 spiro atoms. The van der Waals surface area contributed by atoms with Crippen LogP contribution in [0.25, 0.3) is 11.3 Å². The number of nitrogens with one attached hydrogen (secondary N) is 3. The molecular weight excluding hydrogens is 444 g/mol. The lowest BCUT2D eigenvalue weighted by atomic mass is 10.1. The van der Waals surface area contributed by atoms with E-state index in [0.29, 0.717) is 18.5 Å². The summed E-state index contributed by atoms with van der Waals surface area (Å²) in [7, 11) is 1.70.